The van der Waals surface area contributed by atoms with E-state index in [4.69, 9.17) is 0 Å². The second kappa shape index (κ2) is 3.59. The summed E-state index contributed by atoms with van der Waals surface area (Å²) in [7, 11) is -3.18. The Morgan fingerprint density at radius 1 is 1.62 bits per heavy atom. The van der Waals surface area contributed by atoms with E-state index in [0.29, 0.717) is 19.5 Å². The molecule has 0 aromatic heterocycles. The highest BCUT2D eigenvalue weighted by atomic mass is 32.2. The summed E-state index contributed by atoms with van der Waals surface area (Å²) in [6, 6.07) is -0.0759. The number of nitrogens with zero attached hydrogens (tertiary/aromatic N) is 1. The van der Waals surface area contributed by atoms with Crippen LogP contribution >= 0.6 is 0 Å². The monoisotopic (exact) mass is 248 g/mol. The van der Waals surface area contributed by atoms with Crippen LogP contribution in [0.15, 0.2) is 0 Å². The first-order chi connectivity index (χ1) is 7.34. The van der Waals surface area contributed by atoms with Crippen LogP contribution in [-0.2, 0) is 9.84 Å². The molecular formula is C9H16N2O4S. The van der Waals surface area contributed by atoms with Crippen molar-refractivity contribution in [3.8, 4) is 0 Å². The average Bonchev–Trinajstić information content (AvgIpc) is 2.31. The Morgan fingerprint density at radius 3 is 2.88 bits per heavy atom. The van der Waals surface area contributed by atoms with Crippen molar-refractivity contribution in [2.24, 2.45) is 0 Å². The maximum absolute atomic E-state index is 11.4. The molecule has 2 aliphatic heterocycles. The molecule has 0 saturated carbocycles. The molecule has 92 valence electrons. The lowest BCUT2D eigenvalue weighted by molar-refractivity contribution is 0.0719. The summed E-state index contributed by atoms with van der Waals surface area (Å²) in [5.74, 6) is -0.0875. The molecule has 0 aromatic rings. The number of piperazine rings is 1. The summed E-state index contributed by atoms with van der Waals surface area (Å²) in [6.45, 7) is 1.06. The van der Waals surface area contributed by atoms with Crippen LogP contribution in [0.2, 0.25) is 0 Å². The van der Waals surface area contributed by atoms with Crippen LogP contribution in [0.1, 0.15) is 12.8 Å². The number of amides is 1. The molecular weight excluding hydrogens is 232 g/mol. The maximum Gasteiger partial charge on any atom is 0.408 e. The molecule has 16 heavy (non-hydrogen) atoms. The predicted molar refractivity (Wildman–Crippen MR) is 58.2 cm³/mol. The van der Waals surface area contributed by atoms with Crippen molar-refractivity contribution in [2.45, 2.75) is 24.4 Å². The van der Waals surface area contributed by atoms with Crippen molar-refractivity contribution in [3.63, 3.8) is 0 Å². The van der Waals surface area contributed by atoms with Crippen molar-refractivity contribution >= 4 is 15.9 Å². The number of nitrogens with one attached hydrogen (secondary N) is 1. The van der Waals surface area contributed by atoms with E-state index >= 15 is 0 Å². The molecule has 2 rings (SSSR count). The molecule has 2 N–H and O–H groups in total. The largest absolute Gasteiger partial charge is 0.465 e. The summed E-state index contributed by atoms with van der Waals surface area (Å²) >= 11 is 0. The molecule has 2 fully saturated rings. The zero-order chi connectivity index (χ0) is 12.0. The van der Waals surface area contributed by atoms with Gasteiger partial charge in [-0.05, 0) is 12.8 Å². The molecule has 2 saturated heterocycles. The van der Waals surface area contributed by atoms with Crippen LogP contribution in [0.3, 0.4) is 0 Å². The molecule has 2 unspecified atom stereocenters. The van der Waals surface area contributed by atoms with Gasteiger partial charge < -0.3 is 10.4 Å². The molecule has 0 aromatic carbocycles. The van der Waals surface area contributed by atoms with Gasteiger partial charge in [-0.2, -0.15) is 0 Å². The zero-order valence-corrected chi connectivity index (χ0v) is 9.96. The Kier molecular flexibility index (Phi) is 2.62. The van der Waals surface area contributed by atoms with Crippen LogP contribution in [0.5, 0.6) is 0 Å². The second-order valence-electron chi connectivity index (χ2n) is 4.77. The summed E-state index contributed by atoms with van der Waals surface area (Å²) < 4.78 is 22.8. The highest BCUT2D eigenvalue weighted by Crippen LogP contribution is 2.37. The van der Waals surface area contributed by atoms with Crippen molar-refractivity contribution in [1.82, 2.24) is 10.2 Å². The first-order valence-corrected chi connectivity index (χ1v) is 7.31. The number of sulfone groups is 1. The summed E-state index contributed by atoms with van der Waals surface area (Å²) in [4.78, 5) is 12.6. The fraction of sp³-hybridized carbons (Fsp3) is 0.889. The average molecular weight is 248 g/mol. The fourth-order valence-corrected chi connectivity index (χ4v) is 4.31. The maximum atomic E-state index is 11.4. The van der Waals surface area contributed by atoms with E-state index in [1.54, 1.807) is 0 Å². The van der Waals surface area contributed by atoms with Gasteiger partial charge in [-0.3, -0.25) is 4.90 Å². The number of rotatable bonds is 2. The van der Waals surface area contributed by atoms with Gasteiger partial charge in [-0.25, -0.2) is 13.2 Å². The van der Waals surface area contributed by atoms with Crippen molar-refractivity contribution < 1.29 is 18.3 Å². The number of hydrogen-bond donors (Lipinski definition) is 2. The van der Waals surface area contributed by atoms with Gasteiger partial charge in [0.25, 0.3) is 0 Å². The van der Waals surface area contributed by atoms with E-state index in [-0.39, 0.29) is 11.8 Å². The quantitative estimate of drug-likeness (QED) is 0.689. The number of carboxylic acid groups (broad SMARTS) is 1. The third-order valence-electron chi connectivity index (χ3n) is 3.39. The molecule has 6 nitrogen and oxygen atoms in total. The molecule has 0 radical (unpaired) electrons. The summed E-state index contributed by atoms with van der Waals surface area (Å²) in [5.41, 5.74) is -0.748. The summed E-state index contributed by atoms with van der Waals surface area (Å²) in [5, 5.41) is 12.3. The van der Waals surface area contributed by atoms with E-state index in [1.165, 1.54) is 4.90 Å². The minimum absolute atomic E-state index is 0.0759. The van der Waals surface area contributed by atoms with Crippen LogP contribution in [-0.4, -0.2) is 61.2 Å². The van der Waals surface area contributed by atoms with Gasteiger partial charge in [0.15, 0.2) is 0 Å². The van der Waals surface area contributed by atoms with Crippen LogP contribution in [0, 0.1) is 0 Å². The lowest BCUT2D eigenvalue weighted by atomic mass is 9.99. The van der Waals surface area contributed by atoms with E-state index in [2.05, 4.69) is 5.32 Å². The third kappa shape index (κ3) is 1.89. The highest BCUT2D eigenvalue weighted by molar-refractivity contribution is 7.90. The van der Waals surface area contributed by atoms with Crippen molar-refractivity contribution in [3.05, 3.63) is 0 Å². The standard InChI is InChI=1S/C9H16N2O4S/c1-16(14,15)6-9-3-2-7(4-10-5-9)11(9)8(12)13/h7,10H,2-6H2,1H3,(H,12,13). The van der Waals surface area contributed by atoms with Gasteiger partial charge in [-0.15, -0.1) is 0 Å². The van der Waals surface area contributed by atoms with Gasteiger partial charge in [0, 0.05) is 25.4 Å². The topological polar surface area (TPSA) is 86.7 Å². The van der Waals surface area contributed by atoms with Gasteiger partial charge in [0.1, 0.15) is 9.84 Å². The molecule has 2 aliphatic rings. The van der Waals surface area contributed by atoms with Crippen LogP contribution in [0.4, 0.5) is 4.79 Å². The molecule has 7 heteroatoms. The van der Waals surface area contributed by atoms with Gasteiger partial charge in [0.05, 0.1) is 11.3 Å². The Labute approximate surface area is 94.5 Å². The van der Waals surface area contributed by atoms with Gasteiger partial charge in [0.2, 0.25) is 0 Å². The Bertz CT molecular complexity index is 404. The molecule has 2 bridgehead atoms. The smallest absolute Gasteiger partial charge is 0.408 e. The van der Waals surface area contributed by atoms with Crippen molar-refractivity contribution in [1.29, 1.82) is 0 Å². The number of fused-ring (bicyclic) bond motifs is 2. The first kappa shape index (κ1) is 11.7. The van der Waals surface area contributed by atoms with E-state index in [1.807, 2.05) is 0 Å². The van der Waals surface area contributed by atoms with Crippen LogP contribution < -0.4 is 5.32 Å². The van der Waals surface area contributed by atoms with E-state index < -0.39 is 21.5 Å². The lowest BCUT2D eigenvalue weighted by Gasteiger charge is -2.42. The molecule has 1 amide bonds. The normalized spacial score (nSPS) is 34.1. The molecule has 2 atom stereocenters. The van der Waals surface area contributed by atoms with E-state index in [9.17, 15) is 18.3 Å². The first-order valence-electron chi connectivity index (χ1n) is 5.25. The van der Waals surface area contributed by atoms with E-state index in [0.717, 1.165) is 12.7 Å². The minimum Gasteiger partial charge on any atom is -0.465 e. The Balaban J connectivity index is 2.32. The van der Waals surface area contributed by atoms with Gasteiger partial charge >= 0.3 is 6.09 Å². The number of hydrogen-bond acceptors (Lipinski definition) is 4. The number of carbonyl (C=O) groups is 1. The van der Waals surface area contributed by atoms with Gasteiger partial charge in [-0.1, -0.05) is 0 Å². The molecule has 0 spiro atoms. The zero-order valence-electron chi connectivity index (χ0n) is 9.14. The highest BCUT2D eigenvalue weighted by Gasteiger charge is 2.52. The minimum atomic E-state index is -3.18. The Morgan fingerprint density at radius 2 is 2.31 bits per heavy atom. The molecule has 2 heterocycles. The second-order valence-corrected chi connectivity index (χ2v) is 6.91. The Hall–Kier alpha value is -0.820. The van der Waals surface area contributed by atoms with Crippen LogP contribution in [0.25, 0.3) is 0 Å². The lowest BCUT2D eigenvalue weighted by Crippen LogP contribution is -2.64. The third-order valence-corrected chi connectivity index (χ3v) is 4.45. The predicted octanol–water partition coefficient (Wildman–Crippen LogP) is -0.485. The SMILES string of the molecule is CS(=O)(=O)CC12CCC(CNC1)N2C(=O)O. The summed E-state index contributed by atoms with van der Waals surface area (Å²) in [6.07, 6.45) is 1.52. The fourth-order valence-electron chi connectivity index (χ4n) is 2.95. The van der Waals surface area contributed by atoms with Crippen molar-refractivity contribution in [2.75, 3.05) is 25.1 Å². The molecule has 0 aliphatic carbocycles.